The van der Waals surface area contributed by atoms with Crippen molar-refractivity contribution in [2.24, 2.45) is 0 Å². The van der Waals surface area contributed by atoms with Crippen LogP contribution in [0.5, 0.6) is 0 Å². The second kappa shape index (κ2) is 8.15. The molecular weight excluding hydrogens is 260 g/mol. The molecule has 2 rings (SSSR count). The molecule has 0 aliphatic carbocycles. The summed E-state index contributed by atoms with van der Waals surface area (Å²) in [4.78, 5) is 7.01. The Hall–Kier alpha value is -1.39. The van der Waals surface area contributed by atoms with E-state index in [0.29, 0.717) is 0 Å². The lowest BCUT2D eigenvalue weighted by atomic mass is 10.3. The summed E-state index contributed by atoms with van der Waals surface area (Å²) in [6.07, 6.45) is 3.59. The van der Waals surface area contributed by atoms with E-state index in [2.05, 4.69) is 60.1 Å². The number of aromatic nitrogens is 2. The van der Waals surface area contributed by atoms with Gasteiger partial charge in [0.15, 0.2) is 0 Å². The van der Waals surface area contributed by atoms with E-state index in [1.807, 2.05) is 0 Å². The number of imidazole rings is 1. The third kappa shape index (κ3) is 4.55. The summed E-state index contributed by atoms with van der Waals surface area (Å²) in [7, 11) is 4.25. The van der Waals surface area contributed by atoms with Gasteiger partial charge in [-0.15, -0.1) is 0 Å². The minimum Gasteiger partial charge on any atom is -0.327 e. The lowest BCUT2D eigenvalue weighted by Crippen LogP contribution is -2.20. The summed E-state index contributed by atoms with van der Waals surface area (Å²) in [5.41, 5.74) is 2.36. The molecule has 0 unspecified atom stereocenters. The Morgan fingerprint density at radius 3 is 2.76 bits per heavy atom. The zero-order chi connectivity index (χ0) is 15.1. The molecule has 1 aromatic heterocycles. The first kappa shape index (κ1) is 16.0. The predicted molar refractivity (Wildman–Crippen MR) is 89.5 cm³/mol. The van der Waals surface area contributed by atoms with Crippen LogP contribution in [0.25, 0.3) is 11.0 Å². The van der Waals surface area contributed by atoms with Crippen LogP contribution in [0, 0.1) is 0 Å². The summed E-state index contributed by atoms with van der Waals surface area (Å²) in [5, 5.41) is 3.53. The molecule has 21 heavy (non-hydrogen) atoms. The molecule has 0 spiro atoms. The zero-order valence-electron chi connectivity index (χ0n) is 13.6. The van der Waals surface area contributed by atoms with Crippen molar-refractivity contribution < 1.29 is 0 Å². The Kier molecular flexibility index (Phi) is 6.21. The molecule has 0 aliphatic heterocycles. The van der Waals surface area contributed by atoms with Gasteiger partial charge in [0, 0.05) is 6.54 Å². The fraction of sp³-hybridized carbons (Fsp3) is 0.588. The first-order chi connectivity index (χ1) is 10.2. The number of fused-ring (bicyclic) bond motifs is 1. The maximum Gasteiger partial charge on any atom is 0.123 e. The highest BCUT2D eigenvalue weighted by molar-refractivity contribution is 5.75. The number of nitrogens with zero attached hydrogens (tertiary/aromatic N) is 3. The van der Waals surface area contributed by atoms with Crippen molar-refractivity contribution in [2.75, 3.05) is 27.2 Å². The number of nitrogens with one attached hydrogen (secondary N) is 1. The van der Waals surface area contributed by atoms with Crippen molar-refractivity contribution in [3.05, 3.63) is 30.1 Å². The molecule has 2 aromatic rings. The maximum atomic E-state index is 4.77. The molecule has 0 aliphatic rings. The number of para-hydroxylation sites is 2. The third-order valence-corrected chi connectivity index (χ3v) is 3.67. The molecule has 0 saturated carbocycles. The quantitative estimate of drug-likeness (QED) is 0.720. The van der Waals surface area contributed by atoms with Crippen LogP contribution in [-0.4, -0.2) is 41.6 Å². The highest BCUT2D eigenvalue weighted by Gasteiger charge is 2.08. The van der Waals surface area contributed by atoms with Crippen LogP contribution < -0.4 is 5.32 Å². The standard InChI is InChI=1S/C17H28N4/c1-4-12-21-16-10-6-5-9-15(16)19-17(21)14-18-11-7-8-13-20(2)3/h5-6,9-10,18H,4,7-8,11-14H2,1-3H3. The van der Waals surface area contributed by atoms with E-state index < -0.39 is 0 Å². The van der Waals surface area contributed by atoms with Gasteiger partial charge in [-0.05, 0) is 58.6 Å². The molecular formula is C17H28N4. The van der Waals surface area contributed by atoms with Crippen LogP contribution in [0.2, 0.25) is 0 Å². The summed E-state index contributed by atoms with van der Waals surface area (Å²) in [6.45, 7) is 6.33. The van der Waals surface area contributed by atoms with Gasteiger partial charge in [0.25, 0.3) is 0 Å². The molecule has 0 fully saturated rings. The second-order valence-corrected chi connectivity index (χ2v) is 5.86. The third-order valence-electron chi connectivity index (χ3n) is 3.67. The Bertz CT molecular complexity index is 545. The first-order valence-corrected chi connectivity index (χ1v) is 8.02. The molecule has 1 aromatic carbocycles. The molecule has 4 heteroatoms. The van der Waals surface area contributed by atoms with Gasteiger partial charge in [0.1, 0.15) is 5.82 Å². The van der Waals surface area contributed by atoms with Crippen LogP contribution in [0.1, 0.15) is 32.0 Å². The summed E-state index contributed by atoms with van der Waals surface area (Å²) < 4.78 is 2.35. The molecule has 116 valence electrons. The number of benzene rings is 1. The SMILES string of the molecule is CCCn1c(CNCCCCN(C)C)nc2ccccc21. The largest absolute Gasteiger partial charge is 0.327 e. The summed E-state index contributed by atoms with van der Waals surface area (Å²) in [5.74, 6) is 1.16. The van der Waals surface area contributed by atoms with Gasteiger partial charge in [0.05, 0.1) is 17.6 Å². The smallest absolute Gasteiger partial charge is 0.123 e. The number of aryl methyl sites for hydroxylation is 1. The van der Waals surface area contributed by atoms with E-state index in [0.717, 1.165) is 43.9 Å². The average molecular weight is 288 g/mol. The van der Waals surface area contributed by atoms with Gasteiger partial charge in [-0.3, -0.25) is 0 Å². The number of hydrogen-bond donors (Lipinski definition) is 1. The Morgan fingerprint density at radius 2 is 2.00 bits per heavy atom. The van der Waals surface area contributed by atoms with Gasteiger partial charge in [-0.25, -0.2) is 4.98 Å². The van der Waals surface area contributed by atoms with E-state index in [1.54, 1.807) is 0 Å². The summed E-state index contributed by atoms with van der Waals surface area (Å²) >= 11 is 0. The Morgan fingerprint density at radius 1 is 1.19 bits per heavy atom. The number of rotatable bonds is 9. The van der Waals surface area contributed by atoms with E-state index in [9.17, 15) is 0 Å². The molecule has 0 atom stereocenters. The van der Waals surface area contributed by atoms with Gasteiger partial charge >= 0.3 is 0 Å². The minimum absolute atomic E-state index is 0.858. The van der Waals surface area contributed by atoms with Gasteiger partial charge in [-0.1, -0.05) is 19.1 Å². The van der Waals surface area contributed by atoms with Crippen molar-refractivity contribution in [1.29, 1.82) is 0 Å². The summed E-state index contributed by atoms with van der Waals surface area (Å²) in [6, 6.07) is 8.42. The lowest BCUT2D eigenvalue weighted by molar-refractivity contribution is 0.391. The van der Waals surface area contributed by atoms with Crippen LogP contribution in [-0.2, 0) is 13.1 Å². The molecule has 0 bridgehead atoms. The molecule has 0 amide bonds. The number of hydrogen-bond acceptors (Lipinski definition) is 3. The monoisotopic (exact) mass is 288 g/mol. The van der Waals surface area contributed by atoms with Gasteiger partial charge in [0.2, 0.25) is 0 Å². The molecule has 0 saturated heterocycles. The van der Waals surface area contributed by atoms with Crippen molar-refractivity contribution in [2.45, 2.75) is 39.3 Å². The Labute approximate surface area is 128 Å². The molecule has 1 N–H and O–H groups in total. The van der Waals surface area contributed by atoms with E-state index >= 15 is 0 Å². The highest BCUT2D eigenvalue weighted by Crippen LogP contribution is 2.16. The van der Waals surface area contributed by atoms with Crippen molar-refractivity contribution in [3.63, 3.8) is 0 Å². The lowest BCUT2D eigenvalue weighted by Gasteiger charge is -2.10. The maximum absolute atomic E-state index is 4.77. The highest BCUT2D eigenvalue weighted by atomic mass is 15.1. The zero-order valence-corrected chi connectivity index (χ0v) is 13.6. The fourth-order valence-corrected chi connectivity index (χ4v) is 2.61. The molecule has 0 radical (unpaired) electrons. The van der Waals surface area contributed by atoms with Crippen LogP contribution >= 0.6 is 0 Å². The predicted octanol–water partition coefficient (Wildman–Crippen LogP) is 2.88. The van der Waals surface area contributed by atoms with E-state index in [-0.39, 0.29) is 0 Å². The number of unbranched alkanes of at least 4 members (excludes halogenated alkanes) is 1. The van der Waals surface area contributed by atoms with E-state index in [1.165, 1.54) is 18.4 Å². The fourth-order valence-electron chi connectivity index (χ4n) is 2.61. The van der Waals surface area contributed by atoms with Crippen molar-refractivity contribution in [1.82, 2.24) is 19.8 Å². The van der Waals surface area contributed by atoms with Crippen LogP contribution in [0.3, 0.4) is 0 Å². The van der Waals surface area contributed by atoms with Gasteiger partial charge in [-0.2, -0.15) is 0 Å². The van der Waals surface area contributed by atoms with Crippen LogP contribution in [0.15, 0.2) is 24.3 Å². The first-order valence-electron chi connectivity index (χ1n) is 8.02. The normalized spacial score (nSPS) is 11.6. The van der Waals surface area contributed by atoms with Crippen molar-refractivity contribution >= 4 is 11.0 Å². The van der Waals surface area contributed by atoms with Crippen molar-refractivity contribution in [3.8, 4) is 0 Å². The molecule has 1 heterocycles. The topological polar surface area (TPSA) is 33.1 Å². The van der Waals surface area contributed by atoms with Crippen LogP contribution in [0.4, 0.5) is 0 Å². The Balaban J connectivity index is 1.90. The second-order valence-electron chi connectivity index (χ2n) is 5.86. The average Bonchev–Trinajstić information content (AvgIpc) is 2.81. The molecule has 4 nitrogen and oxygen atoms in total. The minimum atomic E-state index is 0.858. The van der Waals surface area contributed by atoms with E-state index in [4.69, 9.17) is 4.98 Å². The van der Waals surface area contributed by atoms with Gasteiger partial charge < -0.3 is 14.8 Å².